The van der Waals surface area contributed by atoms with Crippen molar-refractivity contribution in [2.24, 2.45) is 4.99 Å². The molecule has 0 saturated heterocycles. The second kappa shape index (κ2) is 6.45. The van der Waals surface area contributed by atoms with Crippen LogP contribution in [0.3, 0.4) is 0 Å². The molecular formula is C19H22N4S. The number of hydrogen-bond acceptors (Lipinski definition) is 4. The first-order valence-corrected chi connectivity index (χ1v) is 9.15. The summed E-state index contributed by atoms with van der Waals surface area (Å²) < 4.78 is 2.07. The van der Waals surface area contributed by atoms with Gasteiger partial charge in [-0.1, -0.05) is 56.8 Å². The van der Waals surface area contributed by atoms with Gasteiger partial charge in [-0.3, -0.25) is 4.99 Å². The highest BCUT2D eigenvalue weighted by molar-refractivity contribution is 7.99. The fourth-order valence-corrected chi connectivity index (χ4v) is 3.86. The highest BCUT2D eigenvalue weighted by atomic mass is 32.2. The van der Waals surface area contributed by atoms with E-state index in [0.29, 0.717) is 5.56 Å². The van der Waals surface area contributed by atoms with E-state index >= 15 is 0 Å². The van der Waals surface area contributed by atoms with E-state index in [1.165, 1.54) is 5.56 Å². The Labute approximate surface area is 147 Å². The smallest absolute Gasteiger partial charge is 0.170 e. The Morgan fingerprint density at radius 1 is 1.25 bits per heavy atom. The summed E-state index contributed by atoms with van der Waals surface area (Å²) in [5, 5.41) is 10.7. The third-order valence-electron chi connectivity index (χ3n) is 4.26. The monoisotopic (exact) mass is 338 g/mol. The number of nitrogens with zero attached hydrogens (tertiary/aromatic N) is 4. The Hall–Kier alpha value is -2.06. The molecule has 0 N–H and O–H groups in total. The highest BCUT2D eigenvalue weighted by Crippen LogP contribution is 2.29. The Kier molecular flexibility index (Phi) is 4.51. The molecule has 0 fully saturated rings. The van der Waals surface area contributed by atoms with Crippen molar-refractivity contribution in [1.82, 2.24) is 9.55 Å². The van der Waals surface area contributed by atoms with Crippen LogP contribution in [0.5, 0.6) is 0 Å². The van der Waals surface area contributed by atoms with Crippen LogP contribution in [0.1, 0.15) is 38.3 Å². The van der Waals surface area contributed by atoms with Crippen molar-refractivity contribution in [2.75, 3.05) is 12.8 Å². The number of aromatic nitrogens is 2. The molecule has 4 nitrogen and oxygen atoms in total. The van der Waals surface area contributed by atoms with Crippen molar-refractivity contribution >= 4 is 11.8 Å². The summed E-state index contributed by atoms with van der Waals surface area (Å²) in [5.41, 5.74) is 4.39. The van der Waals surface area contributed by atoms with Gasteiger partial charge in [0, 0.05) is 24.9 Å². The van der Waals surface area contributed by atoms with Crippen LogP contribution in [0.15, 0.2) is 34.4 Å². The summed E-state index contributed by atoms with van der Waals surface area (Å²) in [5.74, 6) is 1.06. The Morgan fingerprint density at radius 2 is 1.96 bits per heavy atom. The number of fused-ring (bicyclic) bond motifs is 1. The third-order valence-corrected chi connectivity index (χ3v) is 5.32. The van der Waals surface area contributed by atoms with Crippen molar-refractivity contribution < 1.29 is 0 Å². The normalized spacial score (nSPS) is 15.0. The van der Waals surface area contributed by atoms with Crippen molar-refractivity contribution in [3.05, 3.63) is 40.9 Å². The predicted molar refractivity (Wildman–Crippen MR) is 97.9 cm³/mol. The van der Waals surface area contributed by atoms with Gasteiger partial charge in [-0.05, 0) is 17.4 Å². The average Bonchev–Trinajstić information content (AvgIpc) is 2.59. The molecule has 1 aromatic carbocycles. The predicted octanol–water partition coefficient (Wildman–Crippen LogP) is 3.75. The fraction of sp³-hybridized carbons (Fsp3) is 0.421. The molecule has 2 heterocycles. The molecule has 5 heteroatoms. The molecule has 0 aliphatic carbocycles. The first kappa shape index (κ1) is 16.8. The maximum atomic E-state index is 9.71. The second-order valence-corrected chi connectivity index (χ2v) is 8.02. The van der Waals surface area contributed by atoms with Crippen LogP contribution in [-0.4, -0.2) is 22.4 Å². The quantitative estimate of drug-likeness (QED) is 0.744. The molecule has 3 rings (SSSR count). The Bertz CT molecular complexity index is 864. The zero-order valence-electron chi connectivity index (χ0n) is 14.6. The first-order valence-electron chi connectivity index (χ1n) is 8.17. The second-order valence-electron chi connectivity index (χ2n) is 6.96. The van der Waals surface area contributed by atoms with E-state index in [1.807, 2.05) is 0 Å². The van der Waals surface area contributed by atoms with E-state index in [2.05, 4.69) is 60.7 Å². The molecule has 0 saturated carbocycles. The van der Waals surface area contributed by atoms with Gasteiger partial charge >= 0.3 is 0 Å². The number of benzene rings is 1. The molecule has 0 radical (unpaired) electrons. The first-order chi connectivity index (χ1) is 11.5. The van der Waals surface area contributed by atoms with E-state index < -0.39 is 0 Å². The third kappa shape index (κ3) is 2.99. The summed E-state index contributed by atoms with van der Waals surface area (Å²) in [4.78, 5) is 9.18. The van der Waals surface area contributed by atoms with E-state index in [-0.39, 0.29) is 5.41 Å². The van der Waals surface area contributed by atoms with Gasteiger partial charge in [-0.25, -0.2) is 4.98 Å². The summed E-state index contributed by atoms with van der Waals surface area (Å²) in [6.45, 7) is 7.46. The molecule has 0 spiro atoms. The molecule has 1 aliphatic rings. The molecule has 0 amide bonds. The van der Waals surface area contributed by atoms with Crippen LogP contribution >= 0.6 is 11.8 Å². The van der Waals surface area contributed by atoms with Gasteiger partial charge in [0.2, 0.25) is 0 Å². The molecule has 24 heavy (non-hydrogen) atoms. The largest absolute Gasteiger partial charge is 0.305 e. The Balaban J connectivity index is 2.20. The van der Waals surface area contributed by atoms with Crippen molar-refractivity contribution in [1.29, 1.82) is 5.26 Å². The van der Waals surface area contributed by atoms with E-state index in [9.17, 15) is 5.26 Å². The van der Waals surface area contributed by atoms with Crippen LogP contribution in [0, 0.1) is 11.3 Å². The van der Waals surface area contributed by atoms with E-state index in [0.717, 1.165) is 40.6 Å². The zero-order valence-corrected chi connectivity index (χ0v) is 15.4. The highest BCUT2D eigenvalue weighted by Gasteiger charge is 2.20. The molecule has 1 aliphatic heterocycles. The molecule has 1 aromatic heterocycles. The summed E-state index contributed by atoms with van der Waals surface area (Å²) in [6.07, 6.45) is 1.08. The van der Waals surface area contributed by atoms with Crippen LogP contribution < -0.4 is 5.49 Å². The van der Waals surface area contributed by atoms with Crippen LogP contribution in [0.25, 0.3) is 11.3 Å². The zero-order chi connectivity index (χ0) is 17.3. The standard InChI is InChI=1S/C19H22N4S/c1-19(2,3)14-8-6-13(7-9-14)16-15(12-20)17(21-4)23-10-5-11-24-18(23)22-16/h6-9H,5,10-11H2,1-4H3. The molecule has 0 atom stereocenters. The molecular weight excluding hydrogens is 316 g/mol. The van der Waals surface area contributed by atoms with Gasteiger partial charge in [0.25, 0.3) is 0 Å². The number of hydrogen-bond donors (Lipinski definition) is 0. The van der Waals surface area contributed by atoms with E-state index in [4.69, 9.17) is 4.98 Å². The van der Waals surface area contributed by atoms with Gasteiger partial charge < -0.3 is 4.57 Å². The van der Waals surface area contributed by atoms with Gasteiger partial charge in [-0.2, -0.15) is 5.26 Å². The lowest BCUT2D eigenvalue weighted by Crippen LogP contribution is -2.30. The van der Waals surface area contributed by atoms with Crippen molar-refractivity contribution in [3.8, 4) is 17.3 Å². The maximum Gasteiger partial charge on any atom is 0.170 e. The fourth-order valence-electron chi connectivity index (χ4n) is 2.91. The van der Waals surface area contributed by atoms with Crippen LogP contribution in [0.4, 0.5) is 0 Å². The number of nitriles is 1. The molecule has 0 unspecified atom stereocenters. The summed E-state index contributed by atoms with van der Waals surface area (Å²) >= 11 is 1.74. The Morgan fingerprint density at radius 3 is 2.54 bits per heavy atom. The number of rotatable bonds is 1. The number of thioether (sulfide) groups is 1. The lowest BCUT2D eigenvalue weighted by atomic mass is 9.86. The van der Waals surface area contributed by atoms with E-state index in [1.54, 1.807) is 18.8 Å². The SMILES string of the molecule is CN=c1c(C#N)c(-c2ccc(C(C)(C)C)cc2)nc2n1CCCS2. The van der Waals surface area contributed by atoms with Crippen LogP contribution in [0.2, 0.25) is 0 Å². The minimum absolute atomic E-state index is 0.107. The molecule has 2 aromatic rings. The molecule has 0 bridgehead atoms. The lowest BCUT2D eigenvalue weighted by molar-refractivity contribution is 0.553. The maximum absolute atomic E-state index is 9.71. The van der Waals surface area contributed by atoms with Gasteiger partial charge in [-0.15, -0.1) is 0 Å². The lowest BCUT2D eigenvalue weighted by Gasteiger charge is -2.21. The summed E-state index contributed by atoms with van der Waals surface area (Å²) in [7, 11) is 1.75. The topological polar surface area (TPSA) is 54.0 Å². The minimum atomic E-state index is 0.107. The van der Waals surface area contributed by atoms with Crippen molar-refractivity contribution in [2.45, 2.75) is 44.3 Å². The van der Waals surface area contributed by atoms with Gasteiger partial charge in [0.15, 0.2) is 5.16 Å². The van der Waals surface area contributed by atoms with Crippen LogP contribution in [-0.2, 0) is 12.0 Å². The molecule has 124 valence electrons. The average molecular weight is 338 g/mol. The van der Waals surface area contributed by atoms with Gasteiger partial charge in [0.1, 0.15) is 17.1 Å². The summed E-state index contributed by atoms with van der Waals surface area (Å²) in [6, 6.07) is 10.7. The minimum Gasteiger partial charge on any atom is -0.305 e. The van der Waals surface area contributed by atoms with Crippen molar-refractivity contribution in [3.63, 3.8) is 0 Å². The van der Waals surface area contributed by atoms with Gasteiger partial charge in [0.05, 0.1) is 5.69 Å².